The molecule has 1 N–H and O–H groups in total. The third-order valence-electron chi connectivity index (χ3n) is 4.08. The Morgan fingerprint density at radius 1 is 0.667 bits per heavy atom. The second-order valence-electron chi connectivity index (χ2n) is 8.44. The number of rotatable bonds is 14. The molecule has 0 amide bonds. The van der Waals surface area contributed by atoms with Gasteiger partial charge in [0.2, 0.25) is 0 Å². The van der Waals surface area contributed by atoms with Crippen LogP contribution in [0.25, 0.3) is 0 Å². The van der Waals surface area contributed by atoms with E-state index in [2.05, 4.69) is 39.9 Å². The van der Waals surface area contributed by atoms with Gasteiger partial charge in [0.05, 0.1) is 0 Å². The lowest BCUT2D eigenvalue weighted by atomic mass is 9.89. The molecular weight excluding hydrogens is 254 g/mol. The largest absolute Gasteiger partial charge is 0.316 e. The van der Waals surface area contributed by atoms with Gasteiger partial charge in [-0.15, -0.1) is 0 Å². The first-order valence-corrected chi connectivity index (χ1v) is 9.62. The van der Waals surface area contributed by atoms with Gasteiger partial charge in [0.15, 0.2) is 0 Å². The molecule has 0 heterocycles. The van der Waals surface area contributed by atoms with E-state index in [0.29, 0.717) is 5.41 Å². The van der Waals surface area contributed by atoms with Gasteiger partial charge in [-0.25, -0.2) is 0 Å². The van der Waals surface area contributed by atoms with Crippen molar-refractivity contribution in [3.8, 4) is 0 Å². The van der Waals surface area contributed by atoms with Crippen LogP contribution in [0.4, 0.5) is 0 Å². The standard InChI is InChI=1S/C20H43N/c1-19(2)18-21-17-15-13-11-9-7-6-8-10-12-14-16-20(3,4)5/h19,21H,6-18H2,1-5H3. The van der Waals surface area contributed by atoms with Crippen LogP contribution in [0.2, 0.25) is 0 Å². The van der Waals surface area contributed by atoms with Gasteiger partial charge in [0, 0.05) is 0 Å². The molecular formula is C20H43N. The molecule has 0 aliphatic heterocycles. The fourth-order valence-electron chi connectivity index (χ4n) is 2.71. The van der Waals surface area contributed by atoms with Crippen molar-refractivity contribution in [2.45, 2.75) is 105 Å². The Balaban J connectivity index is 3.03. The zero-order valence-electron chi connectivity index (χ0n) is 15.8. The lowest BCUT2D eigenvalue weighted by Gasteiger charge is -2.17. The Kier molecular flexibility index (Phi) is 13.6. The summed E-state index contributed by atoms with van der Waals surface area (Å²) in [5, 5.41) is 3.53. The van der Waals surface area contributed by atoms with Crippen molar-refractivity contribution in [3.63, 3.8) is 0 Å². The summed E-state index contributed by atoms with van der Waals surface area (Å²) in [6.07, 6.45) is 15.7. The summed E-state index contributed by atoms with van der Waals surface area (Å²) in [6, 6.07) is 0. The second kappa shape index (κ2) is 13.6. The van der Waals surface area contributed by atoms with Crippen molar-refractivity contribution in [3.05, 3.63) is 0 Å². The first-order valence-electron chi connectivity index (χ1n) is 9.62. The molecule has 1 heteroatoms. The van der Waals surface area contributed by atoms with E-state index >= 15 is 0 Å². The molecule has 0 spiro atoms. The number of hydrogen-bond acceptors (Lipinski definition) is 1. The quantitative estimate of drug-likeness (QED) is 0.357. The van der Waals surface area contributed by atoms with E-state index in [0.717, 1.165) is 5.92 Å². The zero-order chi connectivity index (χ0) is 16.0. The molecule has 0 aromatic rings. The fourth-order valence-corrected chi connectivity index (χ4v) is 2.71. The maximum Gasteiger partial charge on any atom is -0.00258 e. The van der Waals surface area contributed by atoms with Crippen molar-refractivity contribution in [2.24, 2.45) is 11.3 Å². The van der Waals surface area contributed by atoms with Crippen LogP contribution in [0.15, 0.2) is 0 Å². The topological polar surface area (TPSA) is 12.0 Å². The minimum absolute atomic E-state index is 0.532. The summed E-state index contributed by atoms with van der Waals surface area (Å²) in [7, 11) is 0. The van der Waals surface area contributed by atoms with E-state index in [-0.39, 0.29) is 0 Å². The highest BCUT2D eigenvalue weighted by Gasteiger charge is 2.08. The average Bonchev–Trinajstić information content (AvgIpc) is 2.37. The Hall–Kier alpha value is -0.0400. The molecule has 0 radical (unpaired) electrons. The molecule has 21 heavy (non-hydrogen) atoms. The second-order valence-corrected chi connectivity index (χ2v) is 8.44. The van der Waals surface area contributed by atoms with Crippen LogP contribution >= 0.6 is 0 Å². The molecule has 0 fully saturated rings. The summed E-state index contributed by atoms with van der Waals surface area (Å²) in [6.45, 7) is 14.0. The molecule has 0 aliphatic rings. The first-order chi connectivity index (χ1) is 9.92. The summed E-state index contributed by atoms with van der Waals surface area (Å²) < 4.78 is 0. The highest BCUT2D eigenvalue weighted by molar-refractivity contribution is 4.61. The van der Waals surface area contributed by atoms with Crippen molar-refractivity contribution in [1.29, 1.82) is 0 Å². The molecule has 1 nitrogen and oxygen atoms in total. The van der Waals surface area contributed by atoms with Gasteiger partial charge in [-0.1, -0.05) is 92.4 Å². The van der Waals surface area contributed by atoms with Gasteiger partial charge >= 0.3 is 0 Å². The van der Waals surface area contributed by atoms with Crippen molar-refractivity contribution in [2.75, 3.05) is 13.1 Å². The fraction of sp³-hybridized carbons (Fsp3) is 1.00. The molecule has 0 aromatic carbocycles. The molecule has 0 saturated heterocycles. The zero-order valence-corrected chi connectivity index (χ0v) is 15.8. The van der Waals surface area contributed by atoms with E-state index in [1.807, 2.05) is 0 Å². The minimum Gasteiger partial charge on any atom is -0.316 e. The van der Waals surface area contributed by atoms with Crippen LogP contribution in [0.1, 0.15) is 105 Å². The molecule has 0 bridgehead atoms. The molecule has 0 saturated carbocycles. The van der Waals surface area contributed by atoms with Gasteiger partial charge in [0.25, 0.3) is 0 Å². The predicted molar refractivity (Wildman–Crippen MR) is 97.9 cm³/mol. The summed E-state index contributed by atoms with van der Waals surface area (Å²) in [4.78, 5) is 0. The third-order valence-corrected chi connectivity index (χ3v) is 4.08. The van der Waals surface area contributed by atoms with Crippen LogP contribution in [-0.4, -0.2) is 13.1 Å². The Labute approximate surface area is 135 Å². The summed E-state index contributed by atoms with van der Waals surface area (Å²) in [5.74, 6) is 0.786. The van der Waals surface area contributed by atoms with Crippen molar-refractivity contribution >= 4 is 0 Å². The SMILES string of the molecule is CC(C)CNCCCCCCCCCCCCC(C)(C)C. The van der Waals surface area contributed by atoms with Crippen LogP contribution in [-0.2, 0) is 0 Å². The Bertz CT molecular complexity index is 202. The molecule has 128 valence electrons. The van der Waals surface area contributed by atoms with Crippen LogP contribution in [0, 0.1) is 11.3 Å². The van der Waals surface area contributed by atoms with E-state index in [1.54, 1.807) is 0 Å². The molecule has 0 atom stereocenters. The first kappa shape index (κ1) is 21.0. The maximum absolute atomic E-state index is 3.53. The number of hydrogen-bond donors (Lipinski definition) is 1. The summed E-state index contributed by atoms with van der Waals surface area (Å²) >= 11 is 0. The van der Waals surface area contributed by atoms with Gasteiger partial charge in [0.1, 0.15) is 0 Å². The van der Waals surface area contributed by atoms with Gasteiger partial charge in [-0.05, 0) is 37.3 Å². The lowest BCUT2D eigenvalue weighted by Crippen LogP contribution is -2.20. The van der Waals surface area contributed by atoms with Gasteiger partial charge < -0.3 is 5.32 Å². The van der Waals surface area contributed by atoms with Gasteiger partial charge in [-0.3, -0.25) is 0 Å². The van der Waals surface area contributed by atoms with Crippen LogP contribution < -0.4 is 5.32 Å². The van der Waals surface area contributed by atoms with E-state index < -0.39 is 0 Å². The lowest BCUT2D eigenvalue weighted by molar-refractivity contribution is 0.356. The Morgan fingerprint density at radius 2 is 1.10 bits per heavy atom. The molecule has 0 aliphatic carbocycles. The summed E-state index contributed by atoms with van der Waals surface area (Å²) in [5.41, 5.74) is 0.532. The normalized spacial score (nSPS) is 12.3. The number of unbranched alkanes of at least 4 members (excludes halogenated alkanes) is 9. The van der Waals surface area contributed by atoms with Crippen LogP contribution in [0.3, 0.4) is 0 Å². The van der Waals surface area contributed by atoms with Crippen LogP contribution in [0.5, 0.6) is 0 Å². The predicted octanol–water partition coefficient (Wildman–Crippen LogP) is 6.57. The highest BCUT2D eigenvalue weighted by atomic mass is 14.8. The van der Waals surface area contributed by atoms with E-state index in [1.165, 1.54) is 83.7 Å². The van der Waals surface area contributed by atoms with Crippen molar-refractivity contribution in [1.82, 2.24) is 5.32 Å². The highest BCUT2D eigenvalue weighted by Crippen LogP contribution is 2.22. The molecule has 0 aromatic heterocycles. The molecule has 0 unspecified atom stereocenters. The minimum atomic E-state index is 0.532. The Morgan fingerprint density at radius 3 is 1.52 bits per heavy atom. The third kappa shape index (κ3) is 20.0. The maximum atomic E-state index is 3.53. The smallest absolute Gasteiger partial charge is 0.00258 e. The van der Waals surface area contributed by atoms with Crippen molar-refractivity contribution < 1.29 is 0 Å². The van der Waals surface area contributed by atoms with E-state index in [9.17, 15) is 0 Å². The monoisotopic (exact) mass is 297 g/mol. The average molecular weight is 298 g/mol. The van der Waals surface area contributed by atoms with Gasteiger partial charge in [-0.2, -0.15) is 0 Å². The molecule has 0 rings (SSSR count). The van der Waals surface area contributed by atoms with E-state index in [4.69, 9.17) is 0 Å². The number of nitrogens with one attached hydrogen (secondary N) is 1.